The van der Waals surface area contributed by atoms with Crippen LogP contribution in [-0.4, -0.2) is 45.0 Å². The van der Waals surface area contributed by atoms with Crippen molar-refractivity contribution < 1.29 is 8.42 Å². The summed E-state index contributed by atoms with van der Waals surface area (Å²) in [7, 11) is -0.773. The van der Waals surface area contributed by atoms with E-state index in [9.17, 15) is 8.42 Å². The van der Waals surface area contributed by atoms with Gasteiger partial charge in [0.15, 0.2) is 9.84 Å². The Morgan fingerprint density at radius 1 is 1.45 bits per heavy atom. The van der Waals surface area contributed by atoms with Crippen LogP contribution in [0.15, 0.2) is 0 Å². The number of rotatable bonds is 0. The summed E-state index contributed by atoms with van der Waals surface area (Å²) >= 11 is 0. The molecule has 66 valence electrons. The molecule has 3 nitrogen and oxygen atoms in total. The van der Waals surface area contributed by atoms with Gasteiger partial charge in [-0.1, -0.05) is 6.92 Å². The summed E-state index contributed by atoms with van der Waals surface area (Å²) in [5, 5.41) is 0. The van der Waals surface area contributed by atoms with Gasteiger partial charge in [-0.15, -0.1) is 0 Å². The van der Waals surface area contributed by atoms with E-state index in [1.165, 1.54) is 0 Å². The van der Waals surface area contributed by atoms with E-state index in [-0.39, 0.29) is 5.92 Å². The normalized spacial score (nSPS) is 33.1. The Morgan fingerprint density at radius 2 is 2.09 bits per heavy atom. The van der Waals surface area contributed by atoms with Gasteiger partial charge in [0.2, 0.25) is 0 Å². The van der Waals surface area contributed by atoms with Gasteiger partial charge in [-0.3, -0.25) is 0 Å². The van der Waals surface area contributed by atoms with Gasteiger partial charge in [-0.05, 0) is 13.0 Å². The van der Waals surface area contributed by atoms with Gasteiger partial charge in [0.05, 0.1) is 11.5 Å². The molecule has 1 fully saturated rings. The Labute approximate surface area is 68.3 Å². The predicted octanol–water partition coefficient (Wildman–Crippen LogP) is -0.0173. The molecule has 1 heterocycles. The lowest BCUT2D eigenvalue weighted by Crippen LogP contribution is -2.24. The molecule has 0 aromatic heterocycles. The highest BCUT2D eigenvalue weighted by Gasteiger charge is 2.21. The van der Waals surface area contributed by atoms with E-state index >= 15 is 0 Å². The maximum atomic E-state index is 11.2. The third-order valence-electron chi connectivity index (χ3n) is 1.95. The Bertz CT molecular complexity index is 223. The van der Waals surface area contributed by atoms with Crippen LogP contribution in [0.1, 0.15) is 6.92 Å². The molecule has 1 rings (SSSR count). The van der Waals surface area contributed by atoms with E-state index in [1.807, 2.05) is 14.0 Å². The van der Waals surface area contributed by atoms with Gasteiger partial charge in [0.25, 0.3) is 0 Å². The maximum Gasteiger partial charge on any atom is 0.151 e. The fourth-order valence-corrected chi connectivity index (χ4v) is 3.22. The Morgan fingerprint density at radius 3 is 2.73 bits per heavy atom. The summed E-state index contributed by atoms with van der Waals surface area (Å²) in [6.45, 7) is 3.57. The van der Waals surface area contributed by atoms with Crippen LogP contribution in [0.25, 0.3) is 0 Å². The van der Waals surface area contributed by atoms with Crippen molar-refractivity contribution in [1.29, 1.82) is 0 Å². The third kappa shape index (κ3) is 2.79. The second kappa shape index (κ2) is 3.11. The molecule has 0 spiro atoms. The molecule has 0 N–H and O–H groups in total. The highest BCUT2D eigenvalue weighted by atomic mass is 32.2. The number of hydrogen-bond acceptors (Lipinski definition) is 3. The smallest absolute Gasteiger partial charge is 0.151 e. The lowest BCUT2D eigenvalue weighted by molar-refractivity contribution is 0.321. The molecule has 0 aromatic carbocycles. The fourth-order valence-electron chi connectivity index (χ4n) is 1.49. The summed E-state index contributed by atoms with van der Waals surface area (Å²) in [5.41, 5.74) is 0. The number of hydrogen-bond donors (Lipinski definition) is 0. The van der Waals surface area contributed by atoms with Crippen molar-refractivity contribution in [2.45, 2.75) is 6.92 Å². The summed E-state index contributed by atoms with van der Waals surface area (Å²) in [6.07, 6.45) is 0. The van der Waals surface area contributed by atoms with Crippen molar-refractivity contribution in [3.05, 3.63) is 0 Å². The first-order valence-electron chi connectivity index (χ1n) is 3.88. The molecule has 1 saturated heterocycles. The Kier molecular flexibility index (Phi) is 2.54. The molecule has 0 amide bonds. The lowest BCUT2D eigenvalue weighted by atomic mass is 10.2. The van der Waals surface area contributed by atoms with Crippen LogP contribution in [0.4, 0.5) is 0 Å². The van der Waals surface area contributed by atoms with Crippen LogP contribution < -0.4 is 0 Å². The standard InChI is InChI=1S/C7H15NO2S/c1-7-5-8(2)3-4-11(9,10)6-7/h7H,3-6H2,1-2H3. The van der Waals surface area contributed by atoms with Crippen molar-refractivity contribution in [1.82, 2.24) is 4.90 Å². The zero-order valence-electron chi connectivity index (χ0n) is 7.08. The molecule has 0 aromatic rings. The first kappa shape index (κ1) is 9.00. The van der Waals surface area contributed by atoms with Gasteiger partial charge in [-0.2, -0.15) is 0 Å². The van der Waals surface area contributed by atoms with E-state index < -0.39 is 9.84 Å². The molecule has 0 saturated carbocycles. The van der Waals surface area contributed by atoms with Crippen molar-refractivity contribution in [3.63, 3.8) is 0 Å². The van der Waals surface area contributed by atoms with Crippen LogP contribution in [0, 0.1) is 5.92 Å². The second-order valence-corrected chi connectivity index (χ2v) is 5.71. The van der Waals surface area contributed by atoms with E-state index in [0.29, 0.717) is 18.1 Å². The van der Waals surface area contributed by atoms with E-state index in [1.54, 1.807) is 0 Å². The maximum absolute atomic E-state index is 11.2. The Balaban J connectivity index is 2.68. The number of nitrogens with zero attached hydrogens (tertiary/aromatic N) is 1. The molecule has 0 bridgehead atoms. The summed E-state index contributed by atoms with van der Waals surface area (Å²) in [4.78, 5) is 2.08. The molecular formula is C7H15NO2S. The highest BCUT2D eigenvalue weighted by molar-refractivity contribution is 7.91. The van der Waals surface area contributed by atoms with Crippen LogP contribution >= 0.6 is 0 Å². The van der Waals surface area contributed by atoms with Crippen molar-refractivity contribution in [3.8, 4) is 0 Å². The average Bonchev–Trinajstić information content (AvgIpc) is 1.90. The topological polar surface area (TPSA) is 37.4 Å². The van der Waals surface area contributed by atoms with Crippen molar-refractivity contribution in [2.75, 3.05) is 31.6 Å². The second-order valence-electron chi connectivity index (χ2n) is 3.48. The monoisotopic (exact) mass is 177 g/mol. The summed E-state index contributed by atoms with van der Waals surface area (Å²) in [5.74, 6) is 0.970. The van der Waals surface area contributed by atoms with Gasteiger partial charge in [0.1, 0.15) is 0 Å². The molecule has 4 heteroatoms. The fraction of sp³-hybridized carbons (Fsp3) is 1.00. The van der Waals surface area contributed by atoms with Crippen molar-refractivity contribution >= 4 is 9.84 Å². The van der Waals surface area contributed by atoms with Gasteiger partial charge >= 0.3 is 0 Å². The first-order valence-corrected chi connectivity index (χ1v) is 5.71. The lowest BCUT2D eigenvalue weighted by Gasteiger charge is -2.14. The molecule has 1 aliphatic heterocycles. The zero-order chi connectivity index (χ0) is 8.48. The average molecular weight is 177 g/mol. The minimum absolute atomic E-state index is 0.285. The van der Waals surface area contributed by atoms with E-state index in [4.69, 9.17) is 0 Å². The summed E-state index contributed by atoms with van der Waals surface area (Å²) in [6, 6.07) is 0. The van der Waals surface area contributed by atoms with Crippen LogP contribution in [0.2, 0.25) is 0 Å². The minimum atomic E-state index is -2.74. The highest BCUT2D eigenvalue weighted by Crippen LogP contribution is 2.08. The van der Waals surface area contributed by atoms with Crippen molar-refractivity contribution in [2.24, 2.45) is 5.92 Å². The van der Waals surface area contributed by atoms with Crippen LogP contribution in [0.3, 0.4) is 0 Å². The van der Waals surface area contributed by atoms with Gasteiger partial charge in [-0.25, -0.2) is 8.42 Å². The first-order chi connectivity index (χ1) is 4.99. The van der Waals surface area contributed by atoms with Gasteiger partial charge in [0, 0.05) is 13.1 Å². The molecule has 0 radical (unpaired) electrons. The molecule has 11 heavy (non-hydrogen) atoms. The van der Waals surface area contributed by atoms with Crippen LogP contribution in [-0.2, 0) is 9.84 Å². The zero-order valence-corrected chi connectivity index (χ0v) is 7.89. The predicted molar refractivity (Wildman–Crippen MR) is 45.3 cm³/mol. The van der Waals surface area contributed by atoms with E-state index in [2.05, 4.69) is 4.90 Å². The Hall–Kier alpha value is -0.0900. The van der Waals surface area contributed by atoms with E-state index in [0.717, 1.165) is 6.54 Å². The minimum Gasteiger partial charge on any atom is -0.305 e. The largest absolute Gasteiger partial charge is 0.305 e. The molecule has 1 atom stereocenters. The molecule has 0 aliphatic carbocycles. The summed E-state index contributed by atoms with van der Waals surface area (Å²) < 4.78 is 22.4. The number of sulfone groups is 1. The van der Waals surface area contributed by atoms with Gasteiger partial charge < -0.3 is 4.90 Å². The SMILES string of the molecule is CC1CN(C)CCS(=O)(=O)C1. The third-order valence-corrected chi connectivity index (χ3v) is 3.83. The molecule has 1 aliphatic rings. The molecule has 1 unspecified atom stereocenters. The molecular weight excluding hydrogens is 162 g/mol. The van der Waals surface area contributed by atoms with Crippen LogP contribution in [0.5, 0.6) is 0 Å². The quantitative estimate of drug-likeness (QED) is 0.522.